The molecule has 0 bridgehead atoms. The number of fused-ring (bicyclic) bond motifs is 1. The van der Waals surface area contributed by atoms with E-state index in [2.05, 4.69) is 25.3 Å². The van der Waals surface area contributed by atoms with Crippen LogP contribution in [0.5, 0.6) is 0 Å². The Balaban J connectivity index is 1.67. The number of aromatic nitrogens is 4. The largest absolute Gasteiger partial charge is 0.365 e. The van der Waals surface area contributed by atoms with Gasteiger partial charge in [0.05, 0.1) is 16.6 Å². The van der Waals surface area contributed by atoms with Crippen molar-refractivity contribution in [1.29, 1.82) is 0 Å². The van der Waals surface area contributed by atoms with Gasteiger partial charge in [0.1, 0.15) is 11.6 Å². The van der Waals surface area contributed by atoms with Crippen LogP contribution in [0.4, 0.5) is 5.82 Å². The second-order valence-corrected chi connectivity index (χ2v) is 5.79. The van der Waals surface area contributed by atoms with Gasteiger partial charge in [0, 0.05) is 30.2 Å². The number of halogens is 1. The third-order valence-electron chi connectivity index (χ3n) is 3.72. The molecule has 0 unspecified atom stereocenters. The Morgan fingerprint density at radius 1 is 1.04 bits per heavy atom. The van der Waals surface area contributed by atoms with Crippen molar-refractivity contribution in [2.24, 2.45) is 0 Å². The second-order valence-electron chi connectivity index (χ2n) is 5.36. The number of nitrogens with zero attached hydrogens (tertiary/aromatic N) is 3. The molecule has 24 heavy (non-hydrogen) atoms. The van der Waals surface area contributed by atoms with E-state index in [-0.39, 0.29) is 0 Å². The maximum absolute atomic E-state index is 6.05. The standard InChI is InChI=1S/C18H14ClN5/c19-13-3-4-15-16(10-13)24-18(23-15)14-2-1-7-21-17(14)22-11-12-5-8-20-9-6-12/h1-10H,11H2,(H,21,22)(H,23,24). The molecule has 0 aliphatic carbocycles. The van der Waals surface area contributed by atoms with Crippen molar-refractivity contribution in [2.45, 2.75) is 6.54 Å². The van der Waals surface area contributed by atoms with Crippen molar-refractivity contribution >= 4 is 28.5 Å². The first kappa shape index (κ1) is 14.7. The molecule has 0 saturated heterocycles. The first-order valence-electron chi connectivity index (χ1n) is 7.53. The second kappa shape index (κ2) is 6.29. The highest BCUT2D eigenvalue weighted by atomic mass is 35.5. The summed E-state index contributed by atoms with van der Waals surface area (Å²) in [7, 11) is 0. The zero-order chi connectivity index (χ0) is 16.4. The molecule has 0 radical (unpaired) electrons. The molecular formula is C18H14ClN5. The lowest BCUT2D eigenvalue weighted by Crippen LogP contribution is -2.03. The maximum Gasteiger partial charge on any atom is 0.142 e. The van der Waals surface area contributed by atoms with Gasteiger partial charge in [-0.2, -0.15) is 0 Å². The number of rotatable bonds is 4. The Labute approximate surface area is 143 Å². The van der Waals surface area contributed by atoms with E-state index in [1.54, 1.807) is 18.6 Å². The maximum atomic E-state index is 6.05. The topological polar surface area (TPSA) is 66.5 Å². The molecule has 3 heterocycles. The van der Waals surface area contributed by atoms with Gasteiger partial charge in [0.15, 0.2) is 0 Å². The molecule has 0 atom stereocenters. The van der Waals surface area contributed by atoms with Crippen LogP contribution in [0, 0.1) is 0 Å². The highest BCUT2D eigenvalue weighted by Gasteiger charge is 2.11. The molecule has 0 aliphatic rings. The van der Waals surface area contributed by atoms with Gasteiger partial charge >= 0.3 is 0 Å². The Hall–Kier alpha value is -2.92. The number of hydrogen-bond donors (Lipinski definition) is 2. The summed E-state index contributed by atoms with van der Waals surface area (Å²) in [6, 6.07) is 13.4. The van der Waals surface area contributed by atoms with Crippen LogP contribution >= 0.6 is 11.6 Å². The lowest BCUT2D eigenvalue weighted by Gasteiger charge is -2.09. The molecule has 0 aliphatic heterocycles. The van der Waals surface area contributed by atoms with E-state index < -0.39 is 0 Å². The number of anilines is 1. The van der Waals surface area contributed by atoms with Crippen molar-refractivity contribution in [3.8, 4) is 11.4 Å². The van der Waals surface area contributed by atoms with Gasteiger partial charge in [-0.1, -0.05) is 11.6 Å². The molecule has 4 rings (SSSR count). The SMILES string of the molecule is Clc1ccc2nc(-c3cccnc3NCc3ccncc3)[nH]c2c1. The third kappa shape index (κ3) is 2.94. The van der Waals surface area contributed by atoms with E-state index in [1.807, 2.05) is 42.5 Å². The molecular weight excluding hydrogens is 322 g/mol. The molecule has 0 saturated carbocycles. The zero-order valence-electron chi connectivity index (χ0n) is 12.7. The molecule has 6 heteroatoms. The van der Waals surface area contributed by atoms with Gasteiger partial charge < -0.3 is 10.3 Å². The van der Waals surface area contributed by atoms with Gasteiger partial charge in [-0.15, -0.1) is 0 Å². The summed E-state index contributed by atoms with van der Waals surface area (Å²) in [4.78, 5) is 16.4. The molecule has 5 nitrogen and oxygen atoms in total. The summed E-state index contributed by atoms with van der Waals surface area (Å²) in [6.07, 6.45) is 5.32. The van der Waals surface area contributed by atoms with Crippen molar-refractivity contribution in [2.75, 3.05) is 5.32 Å². The lowest BCUT2D eigenvalue weighted by atomic mass is 10.2. The highest BCUT2D eigenvalue weighted by Crippen LogP contribution is 2.27. The van der Waals surface area contributed by atoms with E-state index in [4.69, 9.17) is 11.6 Å². The fourth-order valence-corrected chi connectivity index (χ4v) is 2.71. The van der Waals surface area contributed by atoms with E-state index in [9.17, 15) is 0 Å². The molecule has 3 aromatic heterocycles. The number of nitrogens with one attached hydrogen (secondary N) is 2. The third-order valence-corrected chi connectivity index (χ3v) is 3.95. The van der Waals surface area contributed by atoms with E-state index in [0.29, 0.717) is 11.6 Å². The van der Waals surface area contributed by atoms with Gasteiger partial charge in [0.2, 0.25) is 0 Å². The number of H-pyrrole nitrogens is 1. The van der Waals surface area contributed by atoms with Crippen LogP contribution in [-0.4, -0.2) is 19.9 Å². The molecule has 0 fully saturated rings. The summed E-state index contributed by atoms with van der Waals surface area (Å²) in [6.45, 7) is 0.665. The van der Waals surface area contributed by atoms with Crippen molar-refractivity contribution in [1.82, 2.24) is 19.9 Å². The first-order valence-corrected chi connectivity index (χ1v) is 7.91. The number of imidazole rings is 1. The van der Waals surface area contributed by atoms with Gasteiger partial charge in [0.25, 0.3) is 0 Å². The van der Waals surface area contributed by atoms with Crippen LogP contribution in [0.1, 0.15) is 5.56 Å². The fourth-order valence-electron chi connectivity index (χ4n) is 2.53. The predicted molar refractivity (Wildman–Crippen MR) is 95.9 cm³/mol. The lowest BCUT2D eigenvalue weighted by molar-refractivity contribution is 1.09. The molecule has 0 amide bonds. The van der Waals surface area contributed by atoms with Crippen LogP contribution < -0.4 is 5.32 Å². The molecule has 1 aromatic carbocycles. The summed E-state index contributed by atoms with van der Waals surface area (Å²) >= 11 is 6.05. The van der Waals surface area contributed by atoms with E-state index >= 15 is 0 Å². The van der Waals surface area contributed by atoms with Crippen molar-refractivity contribution in [3.05, 3.63) is 71.6 Å². The number of benzene rings is 1. The van der Waals surface area contributed by atoms with Crippen LogP contribution in [0.25, 0.3) is 22.4 Å². The van der Waals surface area contributed by atoms with Crippen LogP contribution in [0.3, 0.4) is 0 Å². The smallest absolute Gasteiger partial charge is 0.142 e. The van der Waals surface area contributed by atoms with Crippen molar-refractivity contribution in [3.63, 3.8) is 0 Å². The minimum Gasteiger partial charge on any atom is -0.365 e. The zero-order valence-corrected chi connectivity index (χ0v) is 13.5. The summed E-state index contributed by atoms with van der Waals surface area (Å²) in [5, 5.41) is 4.04. The average molecular weight is 336 g/mol. The van der Waals surface area contributed by atoms with Crippen LogP contribution in [0.2, 0.25) is 5.02 Å². The Kier molecular flexibility index (Phi) is 3.84. The van der Waals surface area contributed by atoms with E-state index in [0.717, 1.165) is 33.8 Å². The molecule has 4 aromatic rings. The monoisotopic (exact) mass is 335 g/mol. The van der Waals surface area contributed by atoms with Crippen LogP contribution in [0.15, 0.2) is 61.1 Å². The summed E-state index contributed by atoms with van der Waals surface area (Å²) < 4.78 is 0. The molecule has 118 valence electrons. The van der Waals surface area contributed by atoms with Gasteiger partial charge in [-0.05, 0) is 48.0 Å². The fraction of sp³-hybridized carbons (Fsp3) is 0.0556. The number of pyridine rings is 2. The Morgan fingerprint density at radius 2 is 1.92 bits per heavy atom. The normalized spacial score (nSPS) is 10.9. The van der Waals surface area contributed by atoms with Gasteiger partial charge in [-0.3, -0.25) is 4.98 Å². The highest BCUT2D eigenvalue weighted by molar-refractivity contribution is 6.31. The minimum absolute atomic E-state index is 0.665. The average Bonchev–Trinajstić information content (AvgIpc) is 3.04. The van der Waals surface area contributed by atoms with Gasteiger partial charge in [-0.25, -0.2) is 9.97 Å². The quantitative estimate of drug-likeness (QED) is 0.584. The summed E-state index contributed by atoms with van der Waals surface area (Å²) in [5.41, 5.74) is 3.83. The number of hydrogen-bond acceptors (Lipinski definition) is 4. The van der Waals surface area contributed by atoms with Crippen molar-refractivity contribution < 1.29 is 0 Å². The van der Waals surface area contributed by atoms with E-state index in [1.165, 1.54) is 0 Å². The Bertz CT molecular complexity index is 981. The first-order chi connectivity index (χ1) is 11.8. The number of aromatic amines is 1. The minimum atomic E-state index is 0.665. The molecule has 0 spiro atoms. The predicted octanol–water partition coefficient (Wildman–Crippen LogP) is 4.29. The Morgan fingerprint density at radius 3 is 2.79 bits per heavy atom. The summed E-state index contributed by atoms with van der Waals surface area (Å²) in [5.74, 6) is 1.54. The molecule has 2 N–H and O–H groups in total. The van der Waals surface area contributed by atoms with Crippen LogP contribution in [-0.2, 0) is 6.54 Å².